The van der Waals surface area contributed by atoms with Gasteiger partial charge in [-0.1, -0.05) is 6.92 Å². The fourth-order valence-electron chi connectivity index (χ4n) is 2.26. The number of nitrogens with one attached hydrogen (secondary N) is 1. The van der Waals surface area contributed by atoms with Gasteiger partial charge in [-0.25, -0.2) is 0 Å². The van der Waals surface area contributed by atoms with Gasteiger partial charge in [-0.2, -0.15) is 0 Å². The van der Waals surface area contributed by atoms with Crippen LogP contribution in [0.3, 0.4) is 0 Å². The third kappa shape index (κ3) is 3.14. The Morgan fingerprint density at radius 2 is 2.29 bits per heavy atom. The summed E-state index contributed by atoms with van der Waals surface area (Å²) in [5, 5.41) is 2.81. The van der Waals surface area contributed by atoms with Gasteiger partial charge in [0.25, 0.3) is 0 Å². The Kier molecular flexibility index (Phi) is 3.78. The van der Waals surface area contributed by atoms with E-state index >= 15 is 0 Å². The minimum atomic E-state index is -0.539. The zero-order valence-electron chi connectivity index (χ0n) is 8.97. The molecular formula is C10H18ClNO2. The fraction of sp³-hybridized carbons (Fsp3) is 0.900. The zero-order valence-corrected chi connectivity index (χ0v) is 9.73. The zero-order chi connectivity index (χ0) is 10.8. The predicted octanol–water partition coefficient (Wildman–Crippen LogP) is 1.89. The molecule has 1 rings (SSSR count). The predicted molar refractivity (Wildman–Crippen MR) is 56.2 cm³/mol. The van der Waals surface area contributed by atoms with Crippen LogP contribution in [0.4, 0.5) is 0 Å². The summed E-state index contributed by atoms with van der Waals surface area (Å²) in [6.07, 6.45) is 2.09. The minimum Gasteiger partial charge on any atom is -0.353 e. The van der Waals surface area contributed by atoms with Crippen molar-refractivity contribution in [2.45, 2.75) is 45.4 Å². The van der Waals surface area contributed by atoms with Gasteiger partial charge in [0.05, 0.1) is 6.10 Å². The van der Waals surface area contributed by atoms with Crippen molar-refractivity contribution in [2.75, 3.05) is 5.88 Å². The first-order valence-corrected chi connectivity index (χ1v) is 5.53. The van der Waals surface area contributed by atoms with Gasteiger partial charge in [-0.3, -0.25) is 4.79 Å². The summed E-state index contributed by atoms with van der Waals surface area (Å²) in [5.74, 6) is 0.386. The van der Waals surface area contributed by atoms with E-state index in [0.29, 0.717) is 5.92 Å². The summed E-state index contributed by atoms with van der Waals surface area (Å²) in [4.78, 5) is 11.2. The number of hydrogen-bond acceptors (Lipinski definition) is 2. The Hall–Kier alpha value is -0.280. The van der Waals surface area contributed by atoms with E-state index in [1.807, 2.05) is 13.8 Å². The maximum absolute atomic E-state index is 11.2. The Labute approximate surface area is 90.1 Å². The molecule has 4 heteroatoms. The van der Waals surface area contributed by atoms with Crippen LogP contribution in [-0.2, 0) is 9.53 Å². The van der Waals surface area contributed by atoms with Crippen LogP contribution in [0, 0.1) is 5.92 Å². The lowest BCUT2D eigenvalue weighted by atomic mass is 9.91. The number of carbonyl (C=O) groups is 1. The van der Waals surface area contributed by atoms with Crippen LogP contribution >= 0.6 is 11.6 Å². The average molecular weight is 220 g/mol. The van der Waals surface area contributed by atoms with E-state index in [2.05, 4.69) is 12.2 Å². The number of alkyl halides is 1. The average Bonchev–Trinajstić information content (AvgIpc) is 2.00. The third-order valence-electron chi connectivity index (χ3n) is 2.46. The Morgan fingerprint density at radius 1 is 1.64 bits per heavy atom. The summed E-state index contributed by atoms with van der Waals surface area (Å²) in [6, 6.07) is 0. The molecule has 3 atom stereocenters. The molecule has 1 N–H and O–H groups in total. The standard InChI is InChI=1S/C10H18ClNO2/c1-7-4-8(2)14-10(3,5-7)12-9(13)6-11/h7-8H,4-6H2,1-3H3,(H,12,13). The maximum Gasteiger partial charge on any atom is 0.237 e. The first-order valence-electron chi connectivity index (χ1n) is 5.00. The van der Waals surface area contributed by atoms with Crippen molar-refractivity contribution < 1.29 is 9.53 Å². The van der Waals surface area contributed by atoms with Crippen LogP contribution in [-0.4, -0.2) is 23.6 Å². The molecule has 3 unspecified atom stereocenters. The number of ether oxygens (including phenoxy) is 1. The molecule has 1 fully saturated rings. The first-order chi connectivity index (χ1) is 6.45. The Bertz CT molecular complexity index is 210. The normalized spacial score (nSPS) is 38.0. The summed E-state index contributed by atoms with van der Waals surface area (Å²) in [5.41, 5.74) is -0.539. The largest absolute Gasteiger partial charge is 0.353 e. The highest BCUT2D eigenvalue weighted by Gasteiger charge is 2.35. The van der Waals surface area contributed by atoms with Crippen LogP contribution in [0.25, 0.3) is 0 Å². The van der Waals surface area contributed by atoms with Gasteiger partial charge in [0, 0.05) is 0 Å². The maximum atomic E-state index is 11.2. The second-order valence-electron chi connectivity index (χ2n) is 4.39. The molecular weight excluding hydrogens is 202 g/mol. The lowest BCUT2D eigenvalue weighted by Gasteiger charge is -2.40. The monoisotopic (exact) mass is 219 g/mol. The molecule has 1 amide bonds. The minimum absolute atomic E-state index is 0.0122. The van der Waals surface area contributed by atoms with Gasteiger partial charge in [0.1, 0.15) is 11.6 Å². The SMILES string of the molecule is CC1CC(C)OC(C)(NC(=O)CCl)C1. The van der Waals surface area contributed by atoms with Crippen LogP contribution in [0.2, 0.25) is 0 Å². The highest BCUT2D eigenvalue weighted by atomic mass is 35.5. The molecule has 0 aromatic rings. The van der Waals surface area contributed by atoms with Gasteiger partial charge in [0.2, 0.25) is 5.91 Å². The first kappa shape index (κ1) is 11.8. The number of amides is 1. The smallest absolute Gasteiger partial charge is 0.237 e. The van der Waals surface area contributed by atoms with E-state index < -0.39 is 5.72 Å². The number of hydrogen-bond donors (Lipinski definition) is 1. The number of carbonyl (C=O) groups excluding carboxylic acids is 1. The lowest BCUT2D eigenvalue weighted by Crippen LogP contribution is -2.53. The second-order valence-corrected chi connectivity index (χ2v) is 4.65. The fourth-order valence-corrected chi connectivity index (χ4v) is 2.33. The summed E-state index contributed by atoms with van der Waals surface area (Å²) in [6.45, 7) is 6.11. The van der Waals surface area contributed by atoms with E-state index in [1.54, 1.807) is 0 Å². The molecule has 3 nitrogen and oxygen atoms in total. The molecule has 0 radical (unpaired) electrons. The van der Waals surface area contributed by atoms with Crippen LogP contribution < -0.4 is 5.32 Å². The van der Waals surface area contributed by atoms with E-state index in [-0.39, 0.29) is 17.9 Å². The molecule has 1 saturated heterocycles. The van der Waals surface area contributed by atoms with Crippen molar-refractivity contribution in [2.24, 2.45) is 5.92 Å². The molecule has 0 bridgehead atoms. The topological polar surface area (TPSA) is 38.3 Å². The lowest BCUT2D eigenvalue weighted by molar-refractivity contribution is -0.157. The Balaban J connectivity index is 2.58. The van der Waals surface area contributed by atoms with Crippen molar-refractivity contribution in [3.63, 3.8) is 0 Å². The van der Waals surface area contributed by atoms with Gasteiger partial charge in [0.15, 0.2) is 0 Å². The van der Waals surface area contributed by atoms with Gasteiger partial charge in [-0.15, -0.1) is 11.6 Å². The molecule has 14 heavy (non-hydrogen) atoms. The molecule has 0 spiro atoms. The molecule has 82 valence electrons. The van der Waals surface area contributed by atoms with E-state index in [9.17, 15) is 4.79 Å². The van der Waals surface area contributed by atoms with Crippen molar-refractivity contribution in [3.8, 4) is 0 Å². The van der Waals surface area contributed by atoms with Crippen molar-refractivity contribution in [1.29, 1.82) is 0 Å². The molecule has 0 saturated carbocycles. The molecule has 0 aromatic heterocycles. The molecule has 1 aliphatic heterocycles. The van der Waals surface area contributed by atoms with Crippen molar-refractivity contribution in [3.05, 3.63) is 0 Å². The second kappa shape index (κ2) is 4.49. The molecule has 0 aromatic carbocycles. The quantitative estimate of drug-likeness (QED) is 0.721. The van der Waals surface area contributed by atoms with Crippen molar-refractivity contribution in [1.82, 2.24) is 5.32 Å². The van der Waals surface area contributed by atoms with Gasteiger partial charge in [-0.05, 0) is 32.6 Å². The van der Waals surface area contributed by atoms with Crippen molar-refractivity contribution >= 4 is 17.5 Å². The number of halogens is 1. The Morgan fingerprint density at radius 3 is 2.79 bits per heavy atom. The molecule has 1 aliphatic rings. The highest BCUT2D eigenvalue weighted by molar-refractivity contribution is 6.27. The van der Waals surface area contributed by atoms with Crippen LogP contribution in [0.1, 0.15) is 33.6 Å². The van der Waals surface area contributed by atoms with E-state index in [4.69, 9.17) is 16.3 Å². The third-order valence-corrected chi connectivity index (χ3v) is 2.70. The van der Waals surface area contributed by atoms with Crippen LogP contribution in [0.5, 0.6) is 0 Å². The van der Waals surface area contributed by atoms with Gasteiger partial charge < -0.3 is 10.1 Å². The highest BCUT2D eigenvalue weighted by Crippen LogP contribution is 2.30. The summed E-state index contributed by atoms with van der Waals surface area (Å²) < 4.78 is 5.73. The van der Waals surface area contributed by atoms with E-state index in [0.717, 1.165) is 12.8 Å². The number of rotatable bonds is 2. The molecule has 0 aliphatic carbocycles. The van der Waals surface area contributed by atoms with E-state index in [1.165, 1.54) is 0 Å². The van der Waals surface area contributed by atoms with Crippen LogP contribution in [0.15, 0.2) is 0 Å². The summed E-state index contributed by atoms with van der Waals surface area (Å²) >= 11 is 5.44. The van der Waals surface area contributed by atoms with Gasteiger partial charge >= 0.3 is 0 Å². The molecule has 1 heterocycles. The summed E-state index contributed by atoms with van der Waals surface area (Å²) in [7, 11) is 0.